The molecule has 1 fully saturated rings. The lowest BCUT2D eigenvalue weighted by molar-refractivity contribution is -0.135. The Morgan fingerprint density at radius 3 is 1.89 bits per heavy atom. The summed E-state index contributed by atoms with van der Waals surface area (Å²) in [4.78, 5) is 30.3. The van der Waals surface area contributed by atoms with Crippen molar-refractivity contribution in [1.29, 1.82) is 0 Å². The van der Waals surface area contributed by atoms with Gasteiger partial charge in [-0.05, 0) is 50.2 Å². The topological polar surface area (TPSA) is 47.0 Å². The first-order chi connectivity index (χ1) is 17.7. The number of rotatable bonds is 18. The number of aromatic nitrogens is 1. The van der Waals surface area contributed by atoms with Crippen molar-refractivity contribution in [3.05, 3.63) is 30.1 Å². The number of ketones is 2. The lowest BCUT2D eigenvalue weighted by Gasteiger charge is -2.25. The molecule has 0 bridgehead atoms. The van der Waals surface area contributed by atoms with E-state index in [1.165, 1.54) is 57.8 Å². The number of hydrogen-bond acceptors (Lipinski definition) is 5. The van der Waals surface area contributed by atoms with Crippen LogP contribution in [0.2, 0.25) is 0 Å². The molecule has 0 aromatic carbocycles. The molecule has 1 aliphatic rings. The quantitative estimate of drug-likeness (QED) is 0.0882. The van der Waals surface area contributed by atoms with Crippen molar-refractivity contribution in [3.8, 4) is 0 Å². The van der Waals surface area contributed by atoms with Gasteiger partial charge in [0.15, 0.2) is 0 Å². The van der Waals surface area contributed by atoms with Gasteiger partial charge in [-0.15, -0.1) is 11.7 Å². The summed E-state index contributed by atoms with van der Waals surface area (Å²) in [7, 11) is 1.62. The Morgan fingerprint density at radius 1 is 0.806 bits per heavy atom. The first kappa shape index (κ1) is 31.4. The van der Waals surface area contributed by atoms with Gasteiger partial charge in [0.05, 0.1) is 16.9 Å². The summed E-state index contributed by atoms with van der Waals surface area (Å²) in [6.07, 6.45) is 24.3. The van der Waals surface area contributed by atoms with Gasteiger partial charge in [-0.3, -0.25) is 14.6 Å². The maximum absolute atomic E-state index is 12.9. The van der Waals surface area contributed by atoms with Gasteiger partial charge in [0.1, 0.15) is 11.6 Å². The smallest absolute Gasteiger partial charge is 0.143 e. The highest BCUT2D eigenvalue weighted by Gasteiger charge is 2.33. The maximum atomic E-state index is 12.9. The van der Waals surface area contributed by atoms with Crippen LogP contribution in [0.1, 0.15) is 146 Å². The molecule has 1 aromatic rings. The van der Waals surface area contributed by atoms with E-state index in [1.807, 2.05) is 12.3 Å². The summed E-state index contributed by atoms with van der Waals surface area (Å²) >= 11 is 4.45. The summed E-state index contributed by atoms with van der Waals surface area (Å²) in [5.74, 6) is 0.492. The highest BCUT2D eigenvalue weighted by Crippen LogP contribution is 2.35. The molecule has 0 saturated heterocycles. The fraction of sp³-hybridized carbons (Fsp3) is 0.774. The molecule has 2 unspecified atom stereocenters. The molecule has 0 N–H and O–H groups in total. The van der Waals surface area contributed by atoms with Crippen LogP contribution in [0.4, 0.5) is 0 Å². The Bertz CT molecular complexity index is 692. The Labute approximate surface area is 230 Å². The van der Waals surface area contributed by atoms with E-state index in [4.69, 9.17) is 0 Å². The van der Waals surface area contributed by atoms with Crippen molar-refractivity contribution in [3.63, 3.8) is 0 Å². The maximum Gasteiger partial charge on any atom is 0.143 e. The molecule has 1 aliphatic carbocycles. The average Bonchev–Trinajstić information content (AvgIpc) is 2.97. The molecule has 1 saturated carbocycles. The lowest BCUT2D eigenvalue weighted by Crippen LogP contribution is -2.31. The van der Waals surface area contributed by atoms with E-state index in [-0.39, 0.29) is 23.4 Å². The van der Waals surface area contributed by atoms with Crippen LogP contribution < -0.4 is 0 Å². The number of pyridine rings is 1. The second kappa shape index (κ2) is 20.2. The van der Waals surface area contributed by atoms with Crippen LogP contribution >= 0.6 is 22.5 Å². The number of unbranched alkanes of at least 4 members (excludes halogenated alkanes) is 9. The molecule has 2 rings (SSSR count). The fourth-order valence-corrected chi connectivity index (χ4v) is 6.87. The first-order valence-corrected chi connectivity index (χ1v) is 16.9. The summed E-state index contributed by atoms with van der Waals surface area (Å²) in [5, 5.41) is 0.396. The van der Waals surface area contributed by atoms with Gasteiger partial charge < -0.3 is 0 Å². The Hall–Kier alpha value is -0.810. The molecule has 1 aromatic heterocycles. The van der Waals surface area contributed by atoms with Crippen molar-refractivity contribution in [2.75, 3.05) is 0 Å². The van der Waals surface area contributed by atoms with Crippen LogP contribution in [-0.4, -0.2) is 16.6 Å². The third-order valence-electron chi connectivity index (χ3n) is 7.88. The molecular weight excluding hydrogens is 482 g/mol. The zero-order chi connectivity index (χ0) is 25.8. The van der Waals surface area contributed by atoms with Gasteiger partial charge >= 0.3 is 0 Å². The summed E-state index contributed by atoms with van der Waals surface area (Å²) in [6, 6.07) is 6.13. The van der Waals surface area contributed by atoms with E-state index < -0.39 is 0 Å². The zero-order valence-corrected chi connectivity index (χ0v) is 24.5. The van der Waals surface area contributed by atoms with Crippen LogP contribution in [-0.2, 0) is 9.59 Å². The predicted molar refractivity (Wildman–Crippen MR) is 159 cm³/mol. The SMILES string of the molecule is CCCCC(CCCCCCCCCCCC(SS)c1ccccn1)C1C(=O)CCCCCCC1=O. The molecule has 1 heterocycles. The van der Waals surface area contributed by atoms with Crippen LogP contribution in [0.25, 0.3) is 0 Å². The van der Waals surface area contributed by atoms with Gasteiger partial charge in [-0.25, -0.2) is 0 Å². The standard InChI is InChI=1S/C31H51NO2S2/c1-2-3-19-26(31-28(33)22-14-11-12-15-23-29(31)34)20-13-9-7-5-4-6-8-10-16-24-30(36-35)27-21-17-18-25-32-27/h17-18,21,25-26,30-31,35H,2-16,19-20,22-24H2,1H3. The molecule has 2 atom stereocenters. The predicted octanol–water partition coefficient (Wildman–Crippen LogP) is 9.91. The number of nitrogens with zero attached hydrogens (tertiary/aromatic N) is 1. The van der Waals surface area contributed by atoms with E-state index in [0.717, 1.165) is 63.5 Å². The molecule has 0 radical (unpaired) electrons. The number of carbonyl (C=O) groups excluding carboxylic acids is 2. The monoisotopic (exact) mass is 533 g/mol. The van der Waals surface area contributed by atoms with Gasteiger partial charge in [-0.1, -0.05) is 107 Å². The highest BCUT2D eigenvalue weighted by atomic mass is 33.1. The Balaban J connectivity index is 1.58. The number of carbonyl (C=O) groups is 2. The summed E-state index contributed by atoms with van der Waals surface area (Å²) < 4.78 is 0. The largest absolute Gasteiger partial charge is 0.299 e. The molecule has 0 amide bonds. The summed E-state index contributed by atoms with van der Waals surface area (Å²) in [5.41, 5.74) is 1.15. The molecule has 0 spiro atoms. The second-order valence-corrected chi connectivity index (χ2v) is 12.2. The van der Waals surface area contributed by atoms with Crippen LogP contribution in [0.3, 0.4) is 0 Å². The van der Waals surface area contributed by atoms with E-state index in [1.54, 1.807) is 10.8 Å². The van der Waals surface area contributed by atoms with Crippen LogP contribution in [0.15, 0.2) is 24.4 Å². The molecule has 0 aliphatic heterocycles. The van der Waals surface area contributed by atoms with E-state index in [9.17, 15) is 9.59 Å². The lowest BCUT2D eigenvalue weighted by atomic mass is 9.77. The molecular formula is C31H51NO2S2. The second-order valence-electron chi connectivity index (χ2n) is 10.8. The van der Waals surface area contributed by atoms with Gasteiger partial charge in [0, 0.05) is 19.0 Å². The van der Waals surface area contributed by atoms with Crippen molar-refractivity contribution in [2.24, 2.45) is 11.8 Å². The minimum absolute atomic E-state index is 0.252. The van der Waals surface area contributed by atoms with Gasteiger partial charge in [0.25, 0.3) is 0 Å². The van der Waals surface area contributed by atoms with Crippen molar-refractivity contribution in [1.82, 2.24) is 4.98 Å². The molecule has 36 heavy (non-hydrogen) atoms. The van der Waals surface area contributed by atoms with Gasteiger partial charge in [0.2, 0.25) is 0 Å². The third-order valence-corrected chi connectivity index (χ3v) is 9.37. The molecule has 5 heteroatoms. The van der Waals surface area contributed by atoms with Gasteiger partial charge in [-0.2, -0.15) is 0 Å². The zero-order valence-electron chi connectivity index (χ0n) is 22.8. The number of Topliss-reactive ketones (excluding diaryl/α,β-unsaturated/α-hetero) is 2. The van der Waals surface area contributed by atoms with Crippen molar-refractivity contribution in [2.45, 2.75) is 141 Å². The Morgan fingerprint density at radius 2 is 1.36 bits per heavy atom. The van der Waals surface area contributed by atoms with Crippen LogP contribution in [0, 0.1) is 11.8 Å². The minimum atomic E-state index is -0.298. The molecule has 204 valence electrons. The fourth-order valence-electron chi connectivity index (χ4n) is 5.71. The minimum Gasteiger partial charge on any atom is -0.299 e. The van der Waals surface area contributed by atoms with Crippen molar-refractivity contribution >= 4 is 34.0 Å². The van der Waals surface area contributed by atoms with E-state index >= 15 is 0 Å². The normalized spacial score (nSPS) is 17.4. The highest BCUT2D eigenvalue weighted by molar-refractivity contribution is 8.68. The van der Waals surface area contributed by atoms with Crippen LogP contribution in [0.5, 0.6) is 0 Å². The average molecular weight is 534 g/mol. The number of hydrogen-bond donors (Lipinski definition) is 1. The first-order valence-electron chi connectivity index (χ1n) is 14.9. The summed E-state index contributed by atoms with van der Waals surface area (Å²) in [6.45, 7) is 2.21. The van der Waals surface area contributed by atoms with E-state index in [2.05, 4.69) is 35.7 Å². The third kappa shape index (κ3) is 12.6. The molecule has 3 nitrogen and oxygen atoms in total. The number of thiol groups is 1. The van der Waals surface area contributed by atoms with E-state index in [0.29, 0.717) is 18.1 Å². The Kier molecular flexibility index (Phi) is 17.6. The van der Waals surface area contributed by atoms with Crippen molar-refractivity contribution < 1.29 is 9.59 Å².